The largest absolute Gasteiger partial charge is 0.490 e. The summed E-state index contributed by atoms with van der Waals surface area (Å²) in [6.45, 7) is 10.4. The molecule has 0 unspecified atom stereocenters. The van der Waals surface area contributed by atoms with E-state index in [-0.39, 0.29) is 12.5 Å². The maximum absolute atomic E-state index is 12.7. The standard InChI is InChI=1S/C23H29NO4/c1-5-26-21-12-18-7-8-24(14-19(18)13-22(21)27-6-2)23(25)15-28-20-10-16(3)9-17(4)11-20/h9-13H,5-8,14-15H2,1-4H3. The molecule has 0 N–H and O–H groups in total. The lowest BCUT2D eigenvalue weighted by Crippen LogP contribution is -2.38. The highest BCUT2D eigenvalue weighted by Crippen LogP contribution is 2.34. The minimum absolute atomic E-state index is 0.00310. The number of hydrogen-bond donors (Lipinski definition) is 0. The zero-order chi connectivity index (χ0) is 20.1. The van der Waals surface area contributed by atoms with Gasteiger partial charge < -0.3 is 19.1 Å². The number of hydrogen-bond acceptors (Lipinski definition) is 4. The van der Waals surface area contributed by atoms with Crippen molar-refractivity contribution < 1.29 is 19.0 Å². The Morgan fingerprint density at radius 2 is 1.50 bits per heavy atom. The van der Waals surface area contributed by atoms with E-state index in [4.69, 9.17) is 14.2 Å². The van der Waals surface area contributed by atoms with Gasteiger partial charge in [0.2, 0.25) is 0 Å². The molecule has 3 rings (SSSR count). The van der Waals surface area contributed by atoms with E-state index in [1.807, 2.05) is 50.8 Å². The Morgan fingerprint density at radius 1 is 0.893 bits per heavy atom. The van der Waals surface area contributed by atoms with Gasteiger partial charge in [-0.3, -0.25) is 4.79 Å². The molecule has 1 amide bonds. The number of aryl methyl sites for hydroxylation is 2. The topological polar surface area (TPSA) is 48.0 Å². The normalized spacial score (nSPS) is 13.1. The maximum atomic E-state index is 12.7. The van der Waals surface area contributed by atoms with Crippen molar-refractivity contribution in [1.29, 1.82) is 0 Å². The third-order valence-electron chi connectivity index (χ3n) is 4.79. The first-order valence-electron chi connectivity index (χ1n) is 9.90. The van der Waals surface area contributed by atoms with Gasteiger partial charge in [-0.2, -0.15) is 0 Å². The summed E-state index contributed by atoms with van der Waals surface area (Å²) >= 11 is 0. The van der Waals surface area contributed by atoms with Crippen molar-refractivity contribution in [2.75, 3.05) is 26.4 Å². The van der Waals surface area contributed by atoms with Crippen LogP contribution in [0, 0.1) is 13.8 Å². The second-order valence-corrected chi connectivity index (χ2v) is 7.11. The second-order valence-electron chi connectivity index (χ2n) is 7.11. The Labute approximate surface area is 167 Å². The van der Waals surface area contributed by atoms with Crippen LogP contribution in [-0.4, -0.2) is 37.2 Å². The first-order chi connectivity index (χ1) is 13.5. The Kier molecular flexibility index (Phi) is 6.45. The lowest BCUT2D eigenvalue weighted by atomic mass is 9.98. The van der Waals surface area contributed by atoms with Crippen molar-refractivity contribution in [3.8, 4) is 17.2 Å². The molecule has 0 atom stereocenters. The highest BCUT2D eigenvalue weighted by molar-refractivity contribution is 5.78. The molecule has 150 valence electrons. The van der Waals surface area contributed by atoms with Crippen LogP contribution in [-0.2, 0) is 17.8 Å². The van der Waals surface area contributed by atoms with Crippen LogP contribution in [0.25, 0.3) is 0 Å². The van der Waals surface area contributed by atoms with Gasteiger partial charge in [0.1, 0.15) is 5.75 Å². The van der Waals surface area contributed by atoms with E-state index in [0.29, 0.717) is 26.3 Å². The summed E-state index contributed by atoms with van der Waals surface area (Å²) in [4.78, 5) is 14.5. The smallest absolute Gasteiger partial charge is 0.260 e. The summed E-state index contributed by atoms with van der Waals surface area (Å²) in [5.41, 5.74) is 4.58. The number of amides is 1. The molecule has 0 saturated heterocycles. The van der Waals surface area contributed by atoms with Gasteiger partial charge in [-0.1, -0.05) is 6.07 Å². The summed E-state index contributed by atoms with van der Waals surface area (Å²) < 4.78 is 17.2. The highest BCUT2D eigenvalue weighted by atomic mass is 16.5. The van der Waals surface area contributed by atoms with E-state index in [2.05, 4.69) is 12.1 Å². The van der Waals surface area contributed by atoms with E-state index < -0.39 is 0 Å². The summed E-state index contributed by atoms with van der Waals surface area (Å²) in [6.07, 6.45) is 0.803. The van der Waals surface area contributed by atoms with Crippen molar-refractivity contribution in [1.82, 2.24) is 4.90 Å². The Balaban J connectivity index is 1.68. The van der Waals surface area contributed by atoms with E-state index >= 15 is 0 Å². The van der Waals surface area contributed by atoms with Crippen LogP contribution in [0.4, 0.5) is 0 Å². The predicted octanol–water partition coefficient (Wildman–Crippen LogP) is 4.06. The number of rotatable bonds is 7. The molecule has 2 aromatic rings. The molecule has 0 fully saturated rings. The van der Waals surface area contributed by atoms with Crippen LogP contribution in [0.1, 0.15) is 36.1 Å². The molecule has 0 radical (unpaired) electrons. The van der Waals surface area contributed by atoms with Crippen molar-refractivity contribution in [3.05, 3.63) is 52.6 Å². The minimum atomic E-state index is -0.00310. The molecule has 1 aliphatic rings. The fourth-order valence-corrected chi connectivity index (χ4v) is 3.57. The summed E-state index contributed by atoms with van der Waals surface area (Å²) in [7, 11) is 0. The predicted molar refractivity (Wildman–Crippen MR) is 109 cm³/mol. The monoisotopic (exact) mass is 383 g/mol. The zero-order valence-corrected chi connectivity index (χ0v) is 17.2. The molecule has 2 aromatic carbocycles. The van der Waals surface area contributed by atoms with Gasteiger partial charge in [0, 0.05) is 13.1 Å². The van der Waals surface area contributed by atoms with Crippen molar-refractivity contribution in [2.45, 2.75) is 40.7 Å². The SMILES string of the molecule is CCOc1cc2c(cc1OCC)CN(C(=O)COc1cc(C)cc(C)c1)CC2. The van der Waals surface area contributed by atoms with Gasteiger partial charge in [-0.15, -0.1) is 0 Å². The van der Waals surface area contributed by atoms with Crippen molar-refractivity contribution >= 4 is 5.91 Å². The Morgan fingerprint density at radius 3 is 2.11 bits per heavy atom. The number of carbonyl (C=O) groups excluding carboxylic acids is 1. The molecule has 5 nitrogen and oxygen atoms in total. The molecule has 0 saturated carbocycles. The quantitative estimate of drug-likeness (QED) is 0.723. The number of fused-ring (bicyclic) bond motifs is 1. The van der Waals surface area contributed by atoms with E-state index in [1.54, 1.807) is 0 Å². The van der Waals surface area contributed by atoms with E-state index in [9.17, 15) is 4.79 Å². The van der Waals surface area contributed by atoms with Crippen LogP contribution in [0.5, 0.6) is 17.2 Å². The van der Waals surface area contributed by atoms with Crippen LogP contribution < -0.4 is 14.2 Å². The van der Waals surface area contributed by atoms with Gasteiger partial charge in [-0.25, -0.2) is 0 Å². The van der Waals surface area contributed by atoms with Crippen LogP contribution in [0.2, 0.25) is 0 Å². The van der Waals surface area contributed by atoms with Crippen LogP contribution in [0.3, 0.4) is 0 Å². The van der Waals surface area contributed by atoms with Gasteiger partial charge in [0.25, 0.3) is 5.91 Å². The van der Waals surface area contributed by atoms with Crippen LogP contribution >= 0.6 is 0 Å². The van der Waals surface area contributed by atoms with Crippen molar-refractivity contribution in [3.63, 3.8) is 0 Å². The fraction of sp³-hybridized carbons (Fsp3) is 0.435. The molecule has 0 aromatic heterocycles. The maximum Gasteiger partial charge on any atom is 0.260 e. The molecule has 28 heavy (non-hydrogen) atoms. The third-order valence-corrected chi connectivity index (χ3v) is 4.79. The Bertz CT molecular complexity index is 826. The molecular formula is C23H29NO4. The highest BCUT2D eigenvalue weighted by Gasteiger charge is 2.23. The summed E-state index contributed by atoms with van der Waals surface area (Å²) in [5, 5.41) is 0. The lowest BCUT2D eigenvalue weighted by Gasteiger charge is -2.29. The third kappa shape index (κ3) is 4.77. The second kappa shape index (κ2) is 9.00. The number of carbonyl (C=O) groups is 1. The summed E-state index contributed by atoms with van der Waals surface area (Å²) in [5.74, 6) is 2.25. The zero-order valence-electron chi connectivity index (χ0n) is 17.2. The van der Waals surface area contributed by atoms with E-state index in [1.165, 1.54) is 5.56 Å². The average molecular weight is 383 g/mol. The number of ether oxygens (including phenoxy) is 3. The van der Waals surface area contributed by atoms with Gasteiger partial charge in [-0.05, 0) is 80.6 Å². The molecule has 1 aliphatic heterocycles. The first-order valence-corrected chi connectivity index (χ1v) is 9.90. The Hall–Kier alpha value is -2.69. The molecule has 1 heterocycles. The van der Waals surface area contributed by atoms with Gasteiger partial charge in [0.05, 0.1) is 13.2 Å². The lowest BCUT2D eigenvalue weighted by molar-refractivity contribution is -0.134. The first kappa shape index (κ1) is 20.1. The molecule has 5 heteroatoms. The number of nitrogens with zero attached hydrogens (tertiary/aromatic N) is 1. The van der Waals surface area contributed by atoms with E-state index in [0.717, 1.165) is 40.4 Å². The minimum Gasteiger partial charge on any atom is -0.490 e. The molecular weight excluding hydrogens is 354 g/mol. The fourth-order valence-electron chi connectivity index (χ4n) is 3.57. The average Bonchev–Trinajstić information content (AvgIpc) is 2.66. The van der Waals surface area contributed by atoms with Crippen molar-refractivity contribution in [2.24, 2.45) is 0 Å². The molecule has 0 bridgehead atoms. The molecule has 0 spiro atoms. The molecule has 0 aliphatic carbocycles. The van der Waals surface area contributed by atoms with Gasteiger partial charge >= 0.3 is 0 Å². The van der Waals surface area contributed by atoms with Crippen LogP contribution in [0.15, 0.2) is 30.3 Å². The van der Waals surface area contributed by atoms with Gasteiger partial charge in [0.15, 0.2) is 18.1 Å². The number of benzene rings is 2. The summed E-state index contributed by atoms with van der Waals surface area (Å²) in [6, 6.07) is 10.1.